The van der Waals surface area contributed by atoms with Gasteiger partial charge in [0.25, 0.3) is 0 Å². The maximum Gasteiger partial charge on any atom is 0.119 e. The fraction of sp³-hybridized carbons (Fsp3) is 0.500. The van der Waals surface area contributed by atoms with Crippen molar-refractivity contribution >= 4 is 21.4 Å². The number of benzene rings is 1. The first kappa shape index (κ1) is 16.7. The van der Waals surface area contributed by atoms with E-state index in [0.717, 1.165) is 16.9 Å². The minimum atomic E-state index is -1.15. The van der Waals surface area contributed by atoms with Crippen LogP contribution in [0, 0.1) is 0 Å². The van der Waals surface area contributed by atoms with Gasteiger partial charge in [0.2, 0.25) is 0 Å². The average Bonchev–Trinajstić information content (AvgIpc) is 2.89. The van der Waals surface area contributed by atoms with Crippen LogP contribution in [-0.4, -0.2) is 37.7 Å². The van der Waals surface area contributed by atoms with Gasteiger partial charge in [-0.15, -0.1) is 0 Å². The first-order valence-electron chi connectivity index (χ1n) is 7.70. The monoisotopic (exact) mass is 292 g/mol. The van der Waals surface area contributed by atoms with Gasteiger partial charge in [-0.05, 0) is 11.5 Å². The van der Waals surface area contributed by atoms with E-state index in [9.17, 15) is 0 Å². The van der Waals surface area contributed by atoms with Crippen LogP contribution in [0.3, 0.4) is 0 Å². The van der Waals surface area contributed by atoms with Gasteiger partial charge >= 0.3 is 0 Å². The molecule has 3 rings (SSSR count). The van der Waals surface area contributed by atoms with E-state index >= 15 is 0 Å². The van der Waals surface area contributed by atoms with E-state index in [1.54, 1.807) is 7.05 Å². The molecule has 0 amide bonds. The molecular formula is C16H22B2N4. The molecule has 112 valence electrons. The lowest BCUT2D eigenvalue weighted by Gasteiger charge is -2.43. The SMILES string of the molecule is CC.[B]C1([B])c2nn(C)nc2-c2cccc(C(C)C)c2N1C. The molecule has 2 aromatic rings. The second kappa shape index (κ2) is 5.82. The summed E-state index contributed by atoms with van der Waals surface area (Å²) in [6, 6.07) is 6.19. The number of hydrogen-bond donors (Lipinski definition) is 0. The number of anilines is 1. The van der Waals surface area contributed by atoms with Gasteiger partial charge in [-0.1, -0.05) is 45.9 Å². The number of aromatic nitrogens is 3. The van der Waals surface area contributed by atoms with Crippen molar-refractivity contribution in [2.45, 2.75) is 39.0 Å². The van der Waals surface area contributed by atoms with Gasteiger partial charge in [-0.3, -0.25) is 0 Å². The highest BCUT2D eigenvalue weighted by atomic mass is 15.5. The van der Waals surface area contributed by atoms with Crippen molar-refractivity contribution < 1.29 is 0 Å². The molecule has 4 nitrogen and oxygen atoms in total. The zero-order valence-corrected chi connectivity index (χ0v) is 14.3. The Balaban J connectivity index is 0.000000847. The first-order chi connectivity index (χ1) is 10.3. The van der Waals surface area contributed by atoms with E-state index in [4.69, 9.17) is 15.7 Å². The Morgan fingerprint density at radius 1 is 1.09 bits per heavy atom. The Hall–Kier alpha value is -1.71. The van der Waals surface area contributed by atoms with Gasteiger partial charge in [0.1, 0.15) is 5.69 Å². The Kier molecular flexibility index (Phi) is 4.41. The number of para-hydroxylation sites is 1. The van der Waals surface area contributed by atoms with Crippen LogP contribution in [0.15, 0.2) is 18.2 Å². The van der Waals surface area contributed by atoms with Crippen LogP contribution in [0.2, 0.25) is 0 Å². The van der Waals surface area contributed by atoms with Crippen LogP contribution in [0.5, 0.6) is 0 Å². The van der Waals surface area contributed by atoms with Crippen molar-refractivity contribution in [2.24, 2.45) is 7.05 Å². The van der Waals surface area contributed by atoms with Crippen molar-refractivity contribution in [3.63, 3.8) is 0 Å². The number of rotatable bonds is 1. The lowest BCUT2D eigenvalue weighted by atomic mass is 9.56. The van der Waals surface area contributed by atoms with Crippen LogP contribution < -0.4 is 4.90 Å². The van der Waals surface area contributed by atoms with Crippen molar-refractivity contribution in [2.75, 3.05) is 11.9 Å². The Morgan fingerprint density at radius 2 is 1.73 bits per heavy atom. The molecule has 4 radical (unpaired) electrons. The van der Waals surface area contributed by atoms with Crippen molar-refractivity contribution in [3.8, 4) is 11.3 Å². The van der Waals surface area contributed by atoms with Gasteiger partial charge in [0, 0.05) is 30.7 Å². The molecule has 0 fully saturated rings. The third-order valence-corrected chi connectivity index (χ3v) is 3.93. The maximum atomic E-state index is 6.32. The zero-order valence-electron chi connectivity index (χ0n) is 14.3. The summed E-state index contributed by atoms with van der Waals surface area (Å²) in [5.74, 6) is 0.376. The number of nitrogens with zero attached hydrogens (tertiary/aromatic N) is 4. The predicted molar refractivity (Wildman–Crippen MR) is 93.5 cm³/mol. The molecule has 0 aliphatic carbocycles. The van der Waals surface area contributed by atoms with Gasteiger partial charge in [-0.25, -0.2) is 0 Å². The molecule has 1 aromatic carbocycles. The molecule has 1 aliphatic rings. The molecule has 1 aliphatic heterocycles. The maximum absolute atomic E-state index is 6.32. The summed E-state index contributed by atoms with van der Waals surface area (Å²) in [6.07, 6.45) is 0. The number of hydrogen-bond acceptors (Lipinski definition) is 3. The zero-order chi connectivity index (χ0) is 16.7. The van der Waals surface area contributed by atoms with Crippen molar-refractivity contribution in [3.05, 3.63) is 29.5 Å². The summed E-state index contributed by atoms with van der Waals surface area (Å²) in [5, 5.41) is 7.63. The summed E-state index contributed by atoms with van der Waals surface area (Å²) in [6.45, 7) is 8.31. The highest BCUT2D eigenvalue weighted by Gasteiger charge is 2.39. The van der Waals surface area contributed by atoms with Crippen LogP contribution in [0.4, 0.5) is 5.69 Å². The minimum absolute atomic E-state index is 0.376. The molecule has 0 saturated heterocycles. The second-order valence-corrected chi connectivity index (χ2v) is 5.67. The molecule has 0 N–H and O–H groups in total. The largest absolute Gasteiger partial charge is 0.380 e. The number of aryl methyl sites for hydroxylation is 1. The van der Waals surface area contributed by atoms with Crippen molar-refractivity contribution in [1.29, 1.82) is 0 Å². The van der Waals surface area contributed by atoms with Gasteiger partial charge in [-0.2, -0.15) is 15.0 Å². The summed E-state index contributed by atoms with van der Waals surface area (Å²) in [7, 11) is 16.3. The highest BCUT2D eigenvalue weighted by molar-refractivity contribution is 6.42. The number of fused-ring (bicyclic) bond motifs is 3. The van der Waals surface area contributed by atoms with Crippen LogP contribution in [0.25, 0.3) is 11.3 Å². The third kappa shape index (κ3) is 2.34. The molecule has 1 aromatic heterocycles. The van der Waals surface area contributed by atoms with E-state index in [1.165, 1.54) is 10.4 Å². The molecular weight excluding hydrogens is 270 g/mol. The van der Waals surface area contributed by atoms with E-state index in [0.29, 0.717) is 11.6 Å². The predicted octanol–water partition coefficient (Wildman–Crippen LogP) is 2.53. The van der Waals surface area contributed by atoms with Crippen LogP contribution in [-0.2, 0) is 12.4 Å². The van der Waals surface area contributed by atoms with Gasteiger partial charge in [0.05, 0.1) is 21.4 Å². The topological polar surface area (TPSA) is 34.0 Å². The van der Waals surface area contributed by atoms with E-state index in [2.05, 4.69) is 30.1 Å². The molecule has 0 unspecified atom stereocenters. The summed E-state index contributed by atoms with van der Waals surface area (Å²) in [5.41, 5.74) is 4.67. The molecule has 6 heteroatoms. The lowest BCUT2D eigenvalue weighted by Crippen LogP contribution is -2.48. The molecule has 22 heavy (non-hydrogen) atoms. The van der Waals surface area contributed by atoms with Crippen molar-refractivity contribution in [1.82, 2.24) is 15.0 Å². The van der Waals surface area contributed by atoms with Crippen LogP contribution in [0.1, 0.15) is 44.9 Å². The average molecular weight is 292 g/mol. The summed E-state index contributed by atoms with van der Waals surface area (Å²) < 4.78 is 0. The minimum Gasteiger partial charge on any atom is -0.380 e. The molecule has 0 atom stereocenters. The quantitative estimate of drug-likeness (QED) is 0.757. The Morgan fingerprint density at radius 3 is 2.32 bits per heavy atom. The molecule has 0 saturated carbocycles. The highest BCUT2D eigenvalue weighted by Crippen LogP contribution is 2.45. The third-order valence-electron chi connectivity index (χ3n) is 3.93. The standard InChI is InChI=1S/C14H16B2N4.C2H6/c1-8(2)9-6-5-7-10-11-13(18-20(4)17-11)14(15,16)19(3)12(9)10;1-2/h5-8H,1-4H3;1-2H3. The molecule has 0 spiro atoms. The van der Waals surface area contributed by atoms with Gasteiger partial charge in [0.15, 0.2) is 0 Å². The van der Waals surface area contributed by atoms with Crippen LogP contribution >= 0.6 is 0 Å². The van der Waals surface area contributed by atoms with E-state index in [1.807, 2.05) is 37.9 Å². The smallest absolute Gasteiger partial charge is 0.119 e. The summed E-state index contributed by atoms with van der Waals surface area (Å²) in [4.78, 5) is 3.42. The fourth-order valence-corrected chi connectivity index (χ4v) is 2.79. The van der Waals surface area contributed by atoms with E-state index in [-0.39, 0.29) is 0 Å². The first-order valence-corrected chi connectivity index (χ1v) is 7.70. The van der Waals surface area contributed by atoms with Gasteiger partial charge < -0.3 is 4.90 Å². The second-order valence-electron chi connectivity index (χ2n) is 5.67. The fourth-order valence-electron chi connectivity index (χ4n) is 2.79. The Labute approximate surface area is 135 Å². The molecule has 2 heterocycles. The normalized spacial score (nSPS) is 15.0. The molecule has 0 bridgehead atoms. The Bertz CT molecular complexity index is 677. The lowest BCUT2D eigenvalue weighted by molar-refractivity contribution is 0.635. The summed E-state index contributed by atoms with van der Waals surface area (Å²) >= 11 is 0. The van der Waals surface area contributed by atoms with E-state index < -0.39 is 5.34 Å².